The van der Waals surface area contributed by atoms with E-state index < -0.39 is 34.0 Å². The van der Waals surface area contributed by atoms with Gasteiger partial charge in [0.2, 0.25) is 15.9 Å². The zero-order chi connectivity index (χ0) is 21.9. The lowest BCUT2D eigenvalue weighted by Gasteiger charge is -2.22. The Morgan fingerprint density at radius 1 is 1.27 bits per heavy atom. The summed E-state index contributed by atoms with van der Waals surface area (Å²) in [4.78, 5) is 24.3. The average Bonchev–Trinajstić information content (AvgIpc) is 3.38. The first-order chi connectivity index (χ1) is 14.2. The first-order valence-electron chi connectivity index (χ1n) is 8.79. The zero-order valence-corrected chi connectivity index (χ0v) is 18.1. The fourth-order valence-electron chi connectivity index (χ4n) is 3.09. The van der Waals surface area contributed by atoms with Crippen molar-refractivity contribution in [1.82, 2.24) is 9.62 Å². The third kappa shape index (κ3) is 4.86. The molecule has 1 aromatic heterocycles. The molecule has 1 saturated heterocycles. The summed E-state index contributed by atoms with van der Waals surface area (Å²) in [7, 11) is -2.92. The molecule has 30 heavy (non-hydrogen) atoms. The fourth-order valence-corrected chi connectivity index (χ4v) is 5.12. The van der Waals surface area contributed by atoms with E-state index >= 15 is 0 Å². The van der Waals surface area contributed by atoms with Gasteiger partial charge in [0.25, 0.3) is 0 Å². The molecule has 0 spiro atoms. The molecule has 3 rings (SSSR count). The van der Waals surface area contributed by atoms with Crippen molar-refractivity contribution >= 4 is 51.2 Å². The van der Waals surface area contributed by atoms with Crippen molar-refractivity contribution in [3.63, 3.8) is 0 Å². The van der Waals surface area contributed by atoms with Gasteiger partial charge in [0.15, 0.2) is 0 Å². The van der Waals surface area contributed by atoms with Gasteiger partial charge in [-0.3, -0.25) is 9.59 Å². The van der Waals surface area contributed by atoms with Crippen molar-refractivity contribution in [1.29, 1.82) is 0 Å². The highest BCUT2D eigenvalue weighted by Crippen LogP contribution is 2.31. The fraction of sp³-hybridized carbons (Fsp3) is 0.263. The largest absolute Gasteiger partial charge is 0.468 e. The number of furan rings is 1. The van der Waals surface area contributed by atoms with E-state index in [1.165, 1.54) is 43.7 Å². The molecule has 0 bridgehead atoms. The van der Waals surface area contributed by atoms with Gasteiger partial charge in [0.05, 0.1) is 28.3 Å². The van der Waals surface area contributed by atoms with E-state index in [4.69, 9.17) is 32.4 Å². The van der Waals surface area contributed by atoms with Crippen LogP contribution in [0.2, 0.25) is 10.0 Å². The van der Waals surface area contributed by atoms with E-state index in [1.807, 2.05) is 0 Å². The summed E-state index contributed by atoms with van der Waals surface area (Å²) >= 11 is 11.8. The van der Waals surface area contributed by atoms with Crippen molar-refractivity contribution in [3.05, 3.63) is 58.5 Å². The number of amides is 1. The van der Waals surface area contributed by atoms with Crippen LogP contribution in [0.15, 0.2) is 52.0 Å². The maximum Gasteiger partial charge on any atom is 0.324 e. The Hall–Kier alpha value is -2.33. The molecule has 2 aromatic rings. The lowest BCUT2D eigenvalue weighted by Crippen LogP contribution is -2.41. The minimum Gasteiger partial charge on any atom is -0.468 e. The minimum absolute atomic E-state index is 0.0631. The van der Waals surface area contributed by atoms with Gasteiger partial charge in [-0.1, -0.05) is 23.2 Å². The molecule has 1 N–H and O–H groups in total. The van der Waals surface area contributed by atoms with Crippen molar-refractivity contribution in [3.8, 4) is 0 Å². The number of hydrogen-bond donors (Lipinski definition) is 1. The number of sulfonamides is 1. The predicted molar refractivity (Wildman–Crippen MR) is 110 cm³/mol. The molecule has 0 aliphatic carbocycles. The van der Waals surface area contributed by atoms with E-state index in [-0.39, 0.29) is 27.9 Å². The number of nitrogens with one attached hydrogen (secondary N) is 1. The highest BCUT2D eigenvalue weighted by atomic mass is 35.5. The lowest BCUT2D eigenvalue weighted by atomic mass is 10.2. The summed E-state index contributed by atoms with van der Waals surface area (Å²) in [6.45, 7) is -0.108. The van der Waals surface area contributed by atoms with Gasteiger partial charge in [-0.15, -0.1) is 0 Å². The molecule has 1 fully saturated rings. The van der Waals surface area contributed by atoms with Crippen LogP contribution in [0.4, 0.5) is 0 Å². The van der Waals surface area contributed by atoms with Gasteiger partial charge in [-0.25, -0.2) is 8.42 Å². The summed E-state index contributed by atoms with van der Waals surface area (Å²) in [6.07, 6.45) is 4.28. The second-order valence-corrected chi connectivity index (χ2v) is 9.18. The zero-order valence-electron chi connectivity index (χ0n) is 15.7. The van der Waals surface area contributed by atoms with Gasteiger partial charge in [-0.05, 0) is 42.8 Å². The van der Waals surface area contributed by atoms with Crippen LogP contribution in [-0.4, -0.2) is 50.3 Å². The Balaban J connectivity index is 1.79. The van der Waals surface area contributed by atoms with Crippen LogP contribution < -0.4 is 5.32 Å². The van der Waals surface area contributed by atoms with Gasteiger partial charge in [0, 0.05) is 18.7 Å². The van der Waals surface area contributed by atoms with Crippen LogP contribution in [0.5, 0.6) is 0 Å². The number of rotatable bonds is 6. The molecule has 11 heteroatoms. The third-order valence-electron chi connectivity index (χ3n) is 4.52. The molecule has 0 unspecified atom stereocenters. The standard InChI is InChI=1S/C19H18Cl2N2O6S/c1-28-19(25)17-9-12(22-18(24)7-4-13-3-2-8-29-13)11-23(17)30(26,27)14-5-6-15(20)16(21)10-14/h2-8,10,12,17H,9,11H2,1H3,(H,22,24)/b7-4+/t12-,17-/m1/s1. The maximum absolute atomic E-state index is 13.1. The number of nitrogens with zero attached hydrogens (tertiary/aromatic N) is 1. The Morgan fingerprint density at radius 2 is 2.03 bits per heavy atom. The number of carbonyl (C=O) groups is 2. The lowest BCUT2D eigenvalue weighted by molar-refractivity contribution is -0.144. The number of benzene rings is 1. The number of ether oxygens (including phenoxy) is 1. The van der Waals surface area contributed by atoms with Crippen LogP contribution >= 0.6 is 23.2 Å². The number of halogens is 2. The predicted octanol–water partition coefficient (Wildman–Crippen LogP) is 2.72. The minimum atomic E-state index is -4.09. The molecule has 160 valence electrons. The smallest absolute Gasteiger partial charge is 0.324 e. The summed E-state index contributed by atoms with van der Waals surface area (Å²) < 4.78 is 37.1. The quantitative estimate of drug-likeness (QED) is 0.511. The molecule has 1 aromatic carbocycles. The number of esters is 1. The molecule has 8 nitrogen and oxygen atoms in total. The Kier molecular flexibility index (Phi) is 6.87. The average molecular weight is 473 g/mol. The molecule has 0 saturated carbocycles. The van der Waals surface area contributed by atoms with E-state index in [9.17, 15) is 18.0 Å². The van der Waals surface area contributed by atoms with E-state index in [2.05, 4.69) is 5.32 Å². The summed E-state index contributed by atoms with van der Waals surface area (Å²) in [5.41, 5.74) is 0. The third-order valence-corrected chi connectivity index (χ3v) is 7.12. The van der Waals surface area contributed by atoms with Crippen LogP contribution in [-0.2, 0) is 24.3 Å². The van der Waals surface area contributed by atoms with Crippen LogP contribution in [0, 0.1) is 0 Å². The molecular formula is C19H18Cl2N2O6S. The molecule has 1 amide bonds. The highest BCUT2D eigenvalue weighted by molar-refractivity contribution is 7.89. The summed E-state index contributed by atoms with van der Waals surface area (Å²) in [6, 6.07) is 5.55. The molecule has 2 heterocycles. The molecule has 0 radical (unpaired) electrons. The van der Waals surface area contributed by atoms with Crippen molar-refractivity contribution in [2.45, 2.75) is 23.4 Å². The first kappa shape index (κ1) is 22.4. The molecule has 2 atom stereocenters. The molecule has 1 aliphatic heterocycles. The van der Waals surface area contributed by atoms with Crippen LogP contribution in [0.3, 0.4) is 0 Å². The second-order valence-electron chi connectivity index (χ2n) is 6.48. The Morgan fingerprint density at radius 3 is 2.67 bits per heavy atom. The van der Waals surface area contributed by atoms with E-state index in [0.717, 1.165) is 4.31 Å². The van der Waals surface area contributed by atoms with E-state index in [0.29, 0.717) is 5.76 Å². The number of carbonyl (C=O) groups excluding carboxylic acids is 2. The molecule has 1 aliphatic rings. The number of methoxy groups -OCH3 is 1. The van der Waals surface area contributed by atoms with Gasteiger partial charge in [0.1, 0.15) is 11.8 Å². The van der Waals surface area contributed by atoms with E-state index in [1.54, 1.807) is 12.1 Å². The van der Waals surface area contributed by atoms with Gasteiger partial charge >= 0.3 is 5.97 Å². The first-order valence-corrected chi connectivity index (χ1v) is 11.0. The summed E-state index contributed by atoms with van der Waals surface area (Å²) in [5.74, 6) is -0.678. The second kappa shape index (κ2) is 9.22. The SMILES string of the molecule is COC(=O)[C@H]1C[C@@H](NC(=O)/C=C/c2ccco2)CN1S(=O)(=O)c1ccc(Cl)c(Cl)c1. The van der Waals surface area contributed by atoms with Gasteiger partial charge < -0.3 is 14.5 Å². The topological polar surface area (TPSA) is 106 Å². The van der Waals surface area contributed by atoms with Crippen molar-refractivity contribution in [2.75, 3.05) is 13.7 Å². The molecular weight excluding hydrogens is 455 g/mol. The number of hydrogen-bond acceptors (Lipinski definition) is 6. The maximum atomic E-state index is 13.1. The van der Waals surface area contributed by atoms with Crippen LogP contribution in [0.1, 0.15) is 12.2 Å². The van der Waals surface area contributed by atoms with Crippen molar-refractivity contribution in [2.24, 2.45) is 0 Å². The summed E-state index contributed by atoms with van der Waals surface area (Å²) in [5, 5.41) is 2.97. The van der Waals surface area contributed by atoms with Gasteiger partial charge in [-0.2, -0.15) is 4.31 Å². The Bertz CT molecular complexity index is 1070. The van der Waals surface area contributed by atoms with Crippen LogP contribution in [0.25, 0.3) is 6.08 Å². The normalized spacial score (nSPS) is 19.8. The van der Waals surface area contributed by atoms with Crippen molar-refractivity contribution < 1.29 is 27.2 Å². The monoisotopic (exact) mass is 472 g/mol. The Labute approximate surface area is 183 Å². The highest BCUT2D eigenvalue weighted by Gasteiger charge is 2.45.